The number of ether oxygens (including phenoxy) is 1. The number of nitrogens with zero attached hydrogens (tertiary/aromatic N) is 1. The molecular weight excluding hydrogens is 264 g/mol. The van der Waals surface area contributed by atoms with Crippen molar-refractivity contribution >= 4 is 5.97 Å². The van der Waals surface area contributed by atoms with Gasteiger partial charge in [0, 0.05) is 12.6 Å². The third kappa shape index (κ3) is 4.29. The number of carbonyl (C=O) groups is 1. The fraction of sp³-hybridized carbons (Fsp3) is 0.588. The summed E-state index contributed by atoms with van der Waals surface area (Å²) in [5.74, 6) is -0.381. The van der Waals surface area contributed by atoms with Crippen molar-refractivity contribution in [1.29, 1.82) is 0 Å². The lowest BCUT2D eigenvalue weighted by atomic mass is 9.87. The number of methoxy groups -OCH3 is 1. The first kappa shape index (κ1) is 17.7. The third-order valence-electron chi connectivity index (χ3n) is 4.25. The Kier molecular flexibility index (Phi) is 6.85. The van der Waals surface area contributed by atoms with E-state index in [1.165, 1.54) is 7.11 Å². The average molecular weight is 292 g/mol. The molecule has 1 aromatic rings. The summed E-state index contributed by atoms with van der Waals surface area (Å²) in [7, 11) is 1.39. The summed E-state index contributed by atoms with van der Waals surface area (Å²) in [5.41, 5.74) is 6.13. The molecule has 0 saturated heterocycles. The van der Waals surface area contributed by atoms with Crippen LogP contribution in [0.15, 0.2) is 30.3 Å². The molecular formula is C17H28N2O2. The summed E-state index contributed by atoms with van der Waals surface area (Å²) in [6.07, 6.45) is 1.62. The maximum Gasteiger partial charge on any atom is 0.330 e. The van der Waals surface area contributed by atoms with Crippen LogP contribution in [0.25, 0.3) is 0 Å². The molecule has 1 aromatic carbocycles. The van der Waals surface area contributed by atoms with Crippen LogP contribution in [0, 0.1) is 0 Å². The normalized spacial score (nSPS) is 15.5. The van der Waals surface area contributed by atoms with Gasteiger partial charge in [-0.15, -0.1) is 0 Å². The van der Waals surface area contributed by atoms with Gasteiger partial charge in [-0.05, 0) is 31.9 Å². The second-order valence-corrected chi connectivity index (χ2v) is 5.46. The number of hydrogen-bond donors (Lipinski definition) is 1. The largest absolute Gasteiger partial charge is 0.467 e. The molecule has 0 amide bonds. The van der Waals surface area contributed by atoms with Gasteiger partial charge in [-0.25, -0.2) is 4.79 Å². The molecule has 4 heteroatoms. The second-order valence-electron chi connectivity index (χ2n) is 5.46. The highest BCUT2D eigenvalue weighted by atomic mass is 16.5. The highest BCUT2D eigenvalue weighted by Crippen LogP contribution is 2.24. The average Bonchev–Trinajstić information content (AvgIpc) is 2.54. The molecule has 0 aromatic heterocycles. The molecule has 2 N–H and O–H groups in total. The first-order valence-electron chi connectivity index (χ1n) is 7.66. The molecule has 0 fully saturated rings. The lowest BCUT2D eigenvalue weighted by Gasteiger charge is -2.32. The number of hydrogen-bond acceptors (Lipinski definition) is 4. The minimum atomic E-state index is -1.09. The molecule has 2 atom stereocenters. The molecule has 2 unspecified atom stereocenters. The van der Waals surface area contributed by atoms with Crippen LogP contribution in [0.4, 0.5) is 0 Å². The first-order chi connectivity index (χ1) is 9.99. The standard InChI is InChI=1S/C17H28N2O2/c1-5-14(3)19(6-2)13-12-17(18,16(20)21-4)15-10-8-7-9-11-15/h7-11,14H,5-6,12-13,18H2,1-4H3. The molecule has 0 spiro atoms. The van der Waals surface area contributed by atoms with E-state index in [-0.39, 0.29) is 5.97 Å². The summed E-state index contributed by atoms with van der Waals surface area (Å²) in [4.78, 5) is 14.5. The van der Waals surface area contributed by atoms with E-state index < -0.39 is 5.54 Å². The SMILES string of the molecule is CCC(C)N(CC)CCC(N)(C(=O)OC)c1ccccc1. The van der Waals surface area contributed by atoms with E-state index in [1.54, 1.807) is 0 Å². The lowest BCUT2D eigenvalue weighted by molar-refractivity contribution is -0.148. The fourth-order valence-electron chi connectivity index (χ4n) is 2.55. The van der Waals surface area contributed by atoms with E-state index in [2.05, 4.69) is 25.7 Å². The quantitative estimate of drug-likeness (QED) is 0.748. The Labute approximate surface area is 128 Å². The van der Waals surface area contributed by atoms with Gasteiger partial charge in [-0.1, -0.05) is 44.2 Å². The minimum Gasteiger partial charge on any atom is -0.467 e. The number of benzene rings is 1. The number of nitrogens with two attached hydrogens (primary N) is 1. The zero-order valence-corrected chi connectivity index (χ0v) is 13.6. The number of esters is 1. The maximum atomic E-state index is 12.2. The zero-order chi connectivity index (χ0) is 15.9. The topological polar surface area (TPSA) is 55.6 Å². The molecule has 21 heavy (non-hydrogen) atoms. The molecule has 0 heterocycles. The van der Waals surface area contributed by atoms with E-state index in [1.807, 2.05) is 30.3 Å². The van der Waals surface area contributed by atoms with Crippen LogP contribution < -0.4 is 5.73 Å². The van der Waals surface area contributed by atoms with E-state index in [9.17, 15) is 4.79 Å². The van der Waals surface area contributed by atoms with Crippen LogP contribution in [0.3, 0.4) is 0 Å². The summed E-state index contributed by atoms with van der Waals surface area (Å²) < 4.78 is 4.94. The zero-order valence-electron chi connectivity index (χ0n) is 13.6. The smallest absolute Gasteiger partial charge is 0.330 e. The Balaban J connectivity index is 2.92. The Morgan fingerprint density at radius 3 is 2.43 bits per heavy atom. The molecule has 4 nitrogen and oxygen atoms in total. The minimum absolute atomic E-state index is 0.381. The van der Waals surface area contributed by atoms with Gasteiger partial charge in [0.1, 0.15) is 5.54 Å². The molecule has 0 aliphatic carbocycles. The van der Waals surface area contributed by atoms with E-state index in [0.29, 0.717) is 12.5 Å². The second kappa shape index (κ2) is 8.15. The number of carbonyl (C=O) groups excluding carboxylic acids is 1. The van der Waals surface area contributed by atoms with E-state index >= 15 is 0 Å². The maximum absolute atomic E-state index is 12.2. The Morgan fingerprint density at radius 1 is 1.33 bits per heavy atom. The van der Waals surface area contributed by atoms with Crippen molar-refractivity contribution in [2.45, 2.75) is 45.2 Å². The van der Waals surface area contributed by atoms with Crippen molar-refractivity contribution in [2.75, 3.05) is 20.2 Å². The summed E-state index contributed by atoms with van der Waals surface area (Å²) >= 11 is 0. The van der Waals surface area contributed by atoms with Crippen LogP contribution in [-0.4, -0.2) is 37.1 Å². The molecule has 118 valence electrons. The number of rotatable bonds is 8. The van der Waals surface area contributed by atoms with Crippen molar-refractivity contribution in [3.8, 4) is 0 Å². The van der Waals surface area contributed by atoms with Crippen molar-refractivity contribution in [3.63, 3.8) is 0 Å². The third-order valence-corrected chi connectivity index (χ3v) is 4.25. The molecule has 0 saturated carbocycles. The van der Waals surface area contributed by atoms with Gasteiger partial charge in [0.2, 0.25) is 0 Å². The van der Waals surface area contributed by atoms with E-state index in [0.717, 1.165) is 25.1 Å². The van der Waals surface area contributed by atoms with Crippen LogP contribution in [0.2, 0.25) is 0 Å². The Bertz CT molecular complexity index is 436. The van der Waals surface area contributed by atoms with Crippen molar-refractivity contribution in [2.24, 2.45) is 5.73 Å². The highest BCUT2D eigenvalue weighted by Gasteiger charge is 2.37. The van der Waals surface area contributed by atoms with Gasteiger partial charge in [0.25, 0.3) is 0 Å². The predicted molar refractivity (Wildman–Crippen MR) is 85.9 cm³/mol. The summed E-state index contributed by atoms with van der Waals surface area (Å²) in [5, 5.41) is 0. The van der Waals surface area contributed by atoms with Crippen molar-refractivity contribution < 1.29 is 9.53 Å². The van der Waals surface area contributed by atoms with Crippen LogP contribution >= 0.6 is 0 Å². The van der Waals surface area contributed by atoms with Gasteiger partial charge in [-0.2, -0.15) is 0 Å². The highest BCUT2D eigenvalue weighted by molar-refractivity contribution is 5.82. The van der Waals surface area contributed by atoms with Crippen LogP contribution in [0.5, 0.6) is 0 Å². The molecule has 0 radical (unpaired) electrons. The lowest BCUT2D eigenvalue weighted by Crippen LogP contribution is -2.49. The fourth-order valence-corrected chi connectivity index (χ4v) is 2.55. The van der Waals surface area contributed by atoms with Crippen LogP contribution in [0.1, 0.15) is 39.2 Å². The monoisotopic (exact) mass is 292 g/mol. The summed E-state index contributed by atoms with van der Waals surface area (Å²) in [6.45, 7) is 8.21. The Morgan fingerprint density at radius 2 is 1.95 bits per heavy atom. The van der Waals surface area contributed by atoms with E-state index in [4.69, 9.17) is 10.5 Å². The van der Waals surface area contributed by atoms with Gasteiger partial charge in [-0.3, -0.25) is 0 Å². The molecule has 0 bridgehead atoms. The van der Waals surface area contributed by atoms with Gasteiger partial charge < -0.3 is 15.4 Å². The summed E-state index contributed by atoms with van der Waals surface area (Å²) in [6, 6.07) is 9.96. The van der Waals surface area contributed by atoms with Gasteiger partial charge in [0.15, 0.2) is 0 Å². The van der Waals surface area contributed by atoms with Gasteiger partial charge in [0.05, 0.1) is 7.11 Å². The molecule has 0 aliphatic heterocycles. The Hall–Kier alpha value is -1.39. The van der Waals surface area contributed by atoms with Crippen molar-refractivity contribution in [1.82, 2.24) is 4.90 Å². The van der Waals surface area contributed by atoms with Gasteiger partial charge >= 0.3 is 5.97 Å². The molecule has 0 aliphatic rings. The molecule has 1 rings (SSSR count). The van der Waals surface area contributed by atoms with Crippen LogP contribution in [-0.2, 0) is 15.1 Å². The van der Waals surface area contributed by atoms with Crippen molar-refractivity contribution in [3.05, 3.63) is 35.9 Å². The first-order valence-corrected chi connectivity index (χ1v) is 7.66. The predicted octanol–water partition coefficient (Wildman–Crippen LogP) is 2.52.